The first-order chi connectivity index (χ1) is 14.2. The topological polar surface area (TPSA) is 64.1 Å². The van der Waals surface area contributed by atoms with Gasteiger partial charge in [0.2, 0.25) is 0 Å². The van der Waals surface area contributed by atoms with E-state index < -0.39 is 0 Å². The van der Waals surface area contributed by atoms with Crippen LogP contribution >= 0.6 is 0 Å². The monoisotopic (exact) mass is 399 g/mol. The third-order valence-electron chi connectivity index (χ3n) is 4.25. The van der Waals surface area contributed by atoms with E-state index in [-0.39, 0.29) is 0 Å². The minimum Gasteiger partial charge on any atom is -0.494 e. The van der Waals surface area contributed by atoms with Crippen molar-refractivity contribution >= 4 is 5.96 Å². The molecule has 0 spiro atoms. The summed E-state index contributed by atoms with van der Waals surface area (Å²) in [6.45, 7) is 9.77. The first kappa shape index (κ1) is 22.6. The van der Waals surface area contributed by atoms with E-state index in [0.717, 1.165) is 34.1 Å². The van der Waals surface area contributed by atoms with E-state index in [9.17, 15) is 0 Å². The van der Waals surface area contributed by atoms with Crippen LogP contribution in [-0.4, -0.2) is 39.4 Å². The van der Waals surface area contributed by atoms with E-state index >= 15 is 0 Å². The van der Waals surface area contributed by atoms with Crippen LogP contribution in [0.2, 0.25) is 0 Å². The Kier molecular flexibility index (Phi) is 9.86. The summed E-state index contributed by atoms with van der Waals surface area (Å²) in [6.07, 6.45) is 0. The third kappa shape index (κ3) is 8.03. The van der Waals surface area contributed by atoms with Crippen molar-refractivity contribution in [3.05, 3.63) is 59.2 Å². The van der Waals surface area contributed by atoms with Crippen molar-refractivity contribution in [2.24, 2.45) is 4.99 Å². The molecule has 0 saturated heterocycles. The number of nitrogens with one attached hydrogen (secondary N) is 2. The molecule has 0 amide bonds. The molecule has 0 radical (unpaired) electrons. The lowest BCUT2D eigenvalue weighted by atomic mass is 10.1. The van der Waals surface area contributed by atoms with Crippen molar-refractivity contribution < 1.29 is 14.2 Å². The lowest BCUT2D eigenvalue weighted by molar-refractivity contribution is 0.110. The molecule has 2 aromatic carbocycles. The molecule has 158 valence electrons. The van der Waals surface area contributed by atoms with Gasteiger partial charge >= 0.3 is 0 Å². The molecule has 0 aliphatic rings. The second-order valence-corrected chi connectivity index (χ2v) is 6.52. The maximum absolute atomic E-state index is 5.91. The number of rotatable bonds is 11. The zero-order valence-corrected chi connectivity index (χ0v) is 18.0. The van der Waals surface area contributed by atoms with Gasteiger partial charge in [0.1, 0.15) is 18.1 Å². The lowest BCUT2D eigenvalue weighted by Gasteiger charge is -2.16. The summed E-state index contributed by atoms with van der Waals surface area (Å²) < 4.78 is 16.8. The molecule has 0 unspecified atom stereocenters. The van der Waals surface area contributed by atoms with Crippen LogP contribution in [0.4, 0.5) is 0 Å². The van der Waals surface area contributed by atoms with Crippen molar-refractivity contribution in [2.75, 3.05) is 33.5 Å². The Morgan fingerprint density at radius 3 is 2.52 bits per heavy atom. The maximum atomic E-state index is 5.91. The number of nitrogens with zero attached hydrogens (tertiary/aromatic N) is 1. The van der Waals surface area contributed by atoms with E-state index in [2.05, 4.69) is 46.8 Å². The van der Waals surface area contributed by atoms with Crippen molar-refractivity contribution in [1.82, 2.24) is 10.6 Å². The van der Waals surface area contributed by atoms with Gasteiger partial charge in [0.15, 0.2) is 5.96 Å². The predicted molar refractivity (Wildman–Crippen MR) is 118 cm³/mol. The zero-order chi connectivity index (χ0) is 20.9. The molecule has 0 atom stereocenters. The fourth-order valence-electron chi connectivity index (χ4n) is 2.79. The number of aliphatic imine (C=N–C) groups is 1. The van der Waals surface area contributed by atoms with Crippen molar-refractivity contribution in [3.8, 4) is 11.5 Å². The summed E-state index contributed by atoms with van der Waals surface area (Å²) in [6, 6.07) is 14.3. The second-order valence-electron chi connectivity index (χ2n) is 6.52. The smallest absolute Gasteiger partial charge is 0.191 e. The van der Waals surface area contributed by atoms with Gasteiger partial charge in [-0.15, -0.1) is 0 Å². The number of aryl methyl sites for hydroxylation is 1. The highest BCUT2D eigenvalue weighted by Crippen LogP contribution is 2.20. The molecule has 29 heavy (non-hydrogen) atoms. The lowest BCUT2D eigenvalue weighted by Crippen LogP contribution is -2.36. The molecule has 6 nitrogen and oxygen atoms in total. The highest BCUT2D eigenvalue weighted by Gasteiger charge is 2.06. The van der Waals surface area contributed by atoms with Crippen LogP contribution in [0.5, 0.6) is 11.5 Å². The van der Waals surface area contributed by atoms with E-state index in [1.165, 1.54) is 0 Å². The summed E-state index contributed by atoms with van der Waals surface area (Å²) in [7, 11) is 1.76. The summed E-state index contributed by atoms with van der Waals surface area (Å²) in [5.74, 6) is 2.48. The van der Waals surface area contributed by atoms with Crippen molar-refractivity contribution in [3.63, 3.8) is 0 Å². The molecule has 0 saturated carbocycles. The van der Waals surface area contributed by atoms with Gasteiger partial charge in [-0.25, -0.2) is 0 Å². The van der Waals surface area contributed by atoms with Gasteiger partial charge in [0.05, 0.1) is 13.2 Å². The quantitative estimate of drug-likeness (QED) is 0.343. The van der Waals surface area contributed by atoms with Gasteiger partial charge in [-0.3, -0.25) is 4.99 Å². The Hall–Kier alpha value is -2.73. The van der Waals surface area contributed by atoms with Gasteiger partial charge in [-0.1, -0.05) is 24.3 Å². The minimum absolute atomic E-state index is 0.535. The average Bonchev–Trinajstić information content (AvgIpc) is 2.73. The normalized spacial score (nSPS) is 11.2. The van der Waals surface area contributed by atoms with E-state index in [0.29, 0.717) is 39.5 Å². The molecule has 2 rings (SSSR count). The van der Waals surface area contributed by atoms with Crippen LogP contribution in [0.15, 0.2) is 47.5 Å². The fourth-order valence-corrected chi connectivity index (χ4v) is 2.79. The zero-order valence-electron chi connectivity index (χ0n) is 18.0. The number of guanidine groups is 1. The van der Waals surface area contributed by atoms with Gasteiger partial charge < -0.3 is 24.8 Å². The molecule has 0 bridgehead atoms. The summed E-state index contributed by atoms with van der Waals surface area (Å²) in [5.41, 5.74) is 3.37. The number of ether oxygens (including phenoxy) is 3. The first-order valence-corrected chi connectivity index (χ1v) is 10.1. The Bertz CT molecular complexity index is 778. The van der Waals surface area contributed by atoms with Crippen LogP contribution in [-0.2, 0) is 17.8 Å². The second kappa shape index (κ2) is 12.7. The third-order valence-corrected chi connectivity index (χ3v) is 4.25. The Labute approximate surface area is 174 Å². The largest absolute Gasteiger partial charge is 0.494 e. The SMILES string of the molecule is CCOCCOc1cc(C)ccc1CNC(=NC)NCc1cccc(OCC)c1. The van der Waals surface area contributed by atoms with Gasteiger partial charge in [0.25, 0.3) is 0 Å². The highest BCUT2D eigenvalue weighted by atomic mass is 16.5. The summed E-state index contributed by atoms with van der Waals surface area (Å²) in [5, 5.41) is 6.69. The van der Waals surface area contributed by atoms with Gasteiger partial charge in [-0.05, 0) is 50.1 Å². The average molecular weight is 400 g/mol. The van der Waals surface area contributed by atoms with Crippen LogP contribution < -0.4 is 20.1 Å². The molecule has 0 fully saturated rings. The Balaban J connectivity index is 1.91. The number of benzene rings is 2. The molecular weight excluding hydrogens is 366 g/mol. The molecular formula is C23H33N3O3. The molecule has 0 aliphatic carbocycles. The maximum Gasteiger partial charge on any atom is 0.191 e. The first-order valence-electron chi connectivity index (χ1n) is 10.1. The van der Waals surface area contributed by atoms with Gasteiger partial charge in [0, 0.05) is 32.3 Å². The molecule has 0 aromatic heterocycles. The Morgan fingerprint density at radius 1 is 0.931 bits per heavy atom. The molecule has 0 aliphatic heterocycles. The van der Waals surface area contributed by atoms with Crippen LogP contribution in [0, 0.1) is 6.92 Å². The van der Waals surface area contributed by atoms with E-state index in [1.54, 1.807) is 7.05 Å². The van der Waals surface area contributed by atoms with Gasteiger partial charge in [-0.2, -0.15) is 0 Å². The number of hydrogen-bond donors (Lipinski definition) is 2. The molecule has 2 aromatic rings. The summed E-state index contributed by atoms with van der Waals surface area (Å²) in [4.78, 5) is 4.31. The van der Waals surface area contributed by atoms with Crippen molar-refractivity contribution in [1.29, 1.82) is 0 Å². The Morgan fingerprint density at radius 2 is 1.76 bits per heavy atom. The molecule has 6 heteroatoms. The number of hydrogen-bond acceptors (Lipinski definition) is 4. The standard InChI is InChI=1S/C23H33N3O3/c1-5-27-12-13-29-22-14-18(3)10-11-20(22)17-26-23(24-4)25-16-19-8-7-9-21(15-19)28-6-2/h7-11,14-15H,5-6,12-13,16-17H2,1-4H3,(H2,24,25,26). The predicted octanol–water partition coefficient (Wildman–Crippen LogP) is 3.67. The molecule has 0 heterocycles. The van der Waals surface area contributed by atoms with E-state index in [4.69, 9.17) is 14.2 Å². The fraction of sp³-hybridized carbons (Fsp3) is 0.435. The van der Waals surface area contributed by atoms with Crippen LogP contribution in [0.3, 0.4) is 0 Å². The minimum atomic E-state index is 0.535. The molecule has 2 N–H and O–H groups in total. The van der Waals surface area contributed by atoms with Crippen molar-refractivity contribution in [2.45, 2.75) is 33.9 Å². The van der Waals surface area contributed by atoms with E-state index in [1.807, 2.05) is 32.0 Å². The van der Waals surface area contributed by atoms with Crippen LogP contribution in [0.1, 0.15) is 30.5 Å². The summed E-state index contributed by atoms with van der Waals surface area (Å²) >= 11 is 0. The van der Waals surface area contributed by atoms with Crippen LogP contribution in [0.25, 0.3) is 0 Å². The highest BCUT2D eigenvalue weighted by molar-refractivity contribution is 5.79.